The van der Waals surface area contributed by atoms with E-state index in [0.29, 0.717) is 6.61 Å². The molecule has 0 bridgehead atoms. The van der Waals surface area contributed by atoms with Gasteiger partial charge in [0.2, 0.25) is 5.91 Å². The predicted octanol–water partition coefficient (Wildman–Crippen LogP) is 1.19. The number of carbonyl (C=O) groups excluding carboxylic acids is 1. The Kier molecular flexibility index (Phi) is 5.22. The fraction of sp³-hybridized carbons (Fsp3) is 0.917. The molecule has 17 heavy (non-hydrogen) atoms. The molecule has 0 spiro atoms. The predicted molar refractivity (Wildman–Crippen MR) is 69.5 cm³/mol. The highest BCUT2D eigenvalue weighted by atomic mass is 35.5. The van der Waals surface area contributed by atoms with Crippen molar-refractivity contribution in [2.75, 3.05) is 26.2 Å². The quantitative estimate of drug-likeness (QED) is 0.813. The number of halogens is 1. The third-order valence-corrected chi connectivity index (χ3v) is 3.78. The third-order valence-electron chi connectivity index (χ3n) is 3.78. The van der Waals surface area contributed by atoms with Crippen molar-refractivity contribution in [1.82, 2.24) is 10.2 Å². The van der Waals surface area contributed by atoms with Gasteiger partial charge in [-0.2, -0.15) is 0 Å². The summed E-state index contributed by atoms with van der Waals surface area (Å²) in [5.41, 5.74) is -0.281. The fourth-order valence-electron chi connectivity index (χ4n) is 2.75. The Morgan fingerprint density at radius 3 is 2.88 bits per heavy atom. The molecule has 0 aromatic heterocycles. The number of carbonyl (C=O) groups is 1. The standard InChI is InChI=1S/C12H22N2O2.ClH/c1-3-12(5-4-6-13-12)11(15)14-7-8-16-10(2)9-14;/h10,13H,3-9H2,1-2H3;1H. The third kappa shape index (κ3) is 2.92. The highest BCUT2D eigenvalue weighted by molar-refractivity contribution is 5.86. The molecule has 2 saturated heterocycles. The first-order valence-electron chi connectivity index (χ1n) is 6.34. The highest BCUT2D eigenvalue weighted by Gasteiger charge is 2.42. The Balaban J connectivity index is 0.00000144. The molecule has 0 aliphatic carbocycles. The zero-order chi connectivity index (χ0) is 11.6. The van der Waals surface area contributed by atoms with Gasteiger partial charge in [0.1, 0.15) is 0 Å². The van der Waals surface area contributed by atoms with Gasteiger partial charge in [0.15, 0.2) is 0 Å². The minimum Gasteiger partial charge on any atom is -0.375 e. The number of rotatable bonds is 2. The molecule has 2 aliphatic heterocycles. The van der Waals surface area contributed by atoms with E-state index < -0.39 is 0 Å². The van der Waals surface area contributed by atoms with Crippen LogP contribution in [0.25, 0.3) is 0 Å². The van der Waals surface area contributed by atoms with Crippen molar-refractivity contribution >= 4 is 18.3 Å². The molecule has 5 heteroatoms. The average molecular weight is 263 g/mol. The van der Waals surface area contributed by atoms with Crippen LogP contribution >= 0.6 is 12.4 Å². The molecule has 2 unspecified atom stereocenters. The number of hydrogen-bond acceptors (Lipinski definition) is 3. The first-order chi connectivity index (χ1) is 7.68. The number of amides is 1. The molecule has 0 aromatic rings. The fourth-order valence-corrected chi connectivity index (χ4v) is 2.75. The van der Waals surface area contributed by atoms with Gasteiger partial charge < -0.3 is 15.0 Å². The molecule has 2 atom stereocenters. The van der Waals surface area contributed by atoms with E-state index in [4.69, 9.17) is 4.74 Å². The SMILES string of the molecule is CCC1(C(=O)N2CCOC(C)C2)CCCN1.Cl. The maximum Gasteiger partial charge on any atom is 0.243 e. The van der Waals surface area contributed by atoms with Crippen molar-refractivity contribution in [3.8, 4) is 0 Å². The molecule has 2 aliphatic rings. The maximum atomic E-state index is 12.5. The summed E-state index contributed by atoms with van der Waals surface area (Å²) < 4.78 is 5.47. The lowest BCUT2D eigenvalue weighted by Gasteiger charge is -2.38. The van der Waals surface area contributed by atoms with Crippen LogP contribution in [-0.4, -0.2) is 48.7 Å². The molecule has 4 nitrogen and oxygen atoms in total. The van der Waals surface area contributed by atoms with Crippen LogP contribution in [0.15, 0.2) is 0 Å². The van der Waals surface area contributed by atoms with Crippen LogP contribution in [0, 0.1) is 0 Å². The van der Waals surface area contributed by atoms with E-state index in [0.717, 1.165) is 38.9 Å². The molecule has 1 N–H and O–H groups in total. The Bertz CT molecular complexity index is 267. The van der Waals surface area contributed by atoms with Crippen LogP contribution in [0.2, 0.25) is 0 Å². The molecule has 100 valence electrons. The highest BCUT2D eigenvalue weighted by Crippen LogP contribution is 2.26. The summed E-state index contributed by atoms with van der Waals surface area (Å²) in [7, 11) is 0. The van der Waals surface area contributed by atoms with Crippen LogP contribution in [0.5, 0.6) is 0 Å². The van der Waals surface area contributed by atoms with Crippen LogP contribution in [0.1, 0.15) is 33.1 Å². The molecule has 0 saturated carbocycles. The van der Waals surface area contributed by atoms with E-state index >= 15 is 0 Å². The van der Waals surface area contributed by atoms with Gasteiger partial charge in [-0.3, -0.25) is 4.79 Å². The van der Waals surface area contributed by atoms with Gasteiger partial charge >= 0.3 is 0 Å². The maximum absolute atomic E-state index is 12.5. The van der Waals surface area contributed by atoms with Crippen molar-refractivity contribution in [2.24, 2.45) is 0 Å². The molecule has 2 heterocycles. The Labute approximate surface area is 109 Å². The molecule has 2 fully saturated rings. The normalized spacial score (nSPS) is 33.3. The minimum atomic E-state index is -0.281. The van der Waals surface area contributed by atoms with Gasteiger partial charge in [0.25, 0.3) is 0 Å². The molecule has 0 aromatic carbocycles. The monoisotopic (exact) mass is 262 g/mol. The number of hydrogen-bond donors (Lipinski definition) is 1. The summed E-state index contributed by atoms with van der Waals surface area (Å²) in [6.45, 7) is 7.25. The van der Waals surface area contributed by atoms with Gasteiger partial charge in [-0.1, -0.05) is 6.92 Å². The van der Waals surface area contributed by atoms with Gasteiger partial charge in [0.05, 0.1) is 18.2 Å². The van der Waals surface area contributed by atoms with E-state index in [9.17, 15) is 4.79 Å². The van der Waals surface area contributed by atoms with Gasteiger partial charge in [-0.05, 0) is 32.7 Å². The number of ether oxygens (including phenoxy) is 1. The van der Waals surface area contributed by atoms with Crippen LogP contribution in [0.4, 0.5) is 0 Å². The van der Waals surface area contributed by atoms with Crippen molar-refractivity contribution in [1.29, 1.82) is 0 Å². The number of morpholine rings is 1. The number of nitrogens with one attached hydrogen (secondary N) is 1. The number of nitrogens with zero attached hydrogens (tertiary/aromatic N) is 1. The zero-order valence-electron chi connectivity index (χ0n) is 10.7. The second-order valence-corrected chi connectivity index (χ2v) is 4.90. The summed E-state index contributed by atoms with van der Waals surface area (Å²) in [6.07, 6.45) is 3.15. The van der Waals surface area contributed by atoms with Crippen molar-refractivity contribution in [3.05, 3.63) is 0 Å². The molecule has 1 amide bonds. The smallest absolute Gasteiger partial charge is 0.243 e. The van der Waals surface area contributed by atoms with E-state index in [1.807, 2.05) is 11.8 Å². The van der Waals surface area contributed by atoms with E-state index in [2.05, 4.69) is 12.2 Å². The second-order valence-electron chi connectivity index (χ2n) is 4.90. The van der Waals surface area contributed by atoms with Crippen LogP contribution in [-0.2, 0) is 9.53 Å². The van der Waals surface area contributed by atoms with Gasteiger partial charge in [-0.15, -0.1) is 12.4 Å². The molecule has 0 radical (unpaired) electrons. The second kappa shape index (κ2) is 6.03. The minimum absolute atomic E-state index is 0. The largest absolute Gasteiger partial charge is 0.375 e. The topological polar surface area (TPSA) is 41.6 Å². The Morgan fingerprint density at radius 2 is 2.35 bits per heavy atom. The van der Waals surface area contributed by atoms with Crippen LogP contribution < -0.4 is 5.32 Å². The molecule has 2 rings (SSSR count). The summed E-state index contributed by atoms with van der Waals surface area (Å²) in [5.74, 6) is 0.280. The van der Waals surface area contributed by atoms with E-state index in [-0.39, 0.29) is 30.0 Å². The van der Waals surface area contributed by atoms with Gasteiger partial charge in [-0.25, -0.2) is 0 Å². The van der Waals surface area contributed by atoms with Crippen molar-refractivity contribution < 1.29 is 9.53 Å². The summed E-state index contributed by atoms with van der Waals surface area (Å²) in [6, 6.07) is 0. The lowest BCUT2D eigenvalue weighted by atomic mass is 9.92. The Morgan fingerprint density at radius 1 is 1.59 bits per heavy atom. The van der Waals surface area contributed by atoms with Crippen molar-refractivity contribution in [3.63, 3.8) is 0 Å². The zero-order valence-corrected chi connectivity index (χ0v) is 11.5. The summed E-state index contributed by atoms with van der Waals surface area (Å²) >= 11 is 0. The van der Waals surface area contributed by atoms with E-state index in [1.165, 1.54) is 0 Å². The Hall–Kier alpha value is -0.320. The first kappa shape index (κ1) is 14.7. The van der Waals surface area contributed by atoms with Crippen LogP contribution in [0.3, 0.4) is 0 Å². The summed E-state index contributed by atoms with van der Waals surface area (Å²) in [5, 5.41) is 3.40. The summed E-state index contributed by atoms with van der Waals surface area (Å²) in [4.78, 5) is 14.5. The molecular weight excluding hydrogens is 240 g/mol. The average Bonchev–Trinajstić information content (AvgIpc) is 2.78. The molecular formula is C12H23ClN2O2. The van der Waals surface area contributed by atoms with E-state index in [1.54, 1.807) is 0 Å². The first-order valence-corrected chi connectivity index (χ1v) is 6.34. The van der Waals surface area contributed by atoms with Gasteiger partial charge in [0, 0.05) is 13.1 Å². The lowest BCUT2D eigenvalue weighted by Crippen LogP contribution is -2.58. The lowest BCUT2D eigenvalue weighted by molar-refractivity contribution is -0.145. The van der Waals surface area contributed by atoms with Crippen molar-refractivity contribution in [2.45, 2.75) is 44.8 Å².